The maximum atomic E-state index is 5.47. The van der Waals surface area contributed by atoms with Crippen LogP contribution >= 0.6 is 0 Å². The molecule has 0 spiro atoms. The van der Waals surface area contributed by atoms with Crippen LogP contribution in [0.3, 0.4) is 0 Å². The van der Waals surface area contributed by atoms with Gasteiger partial charge in [0.15, 0.2) is 5.82 Å². The Morgan fingerprint density at radius 1 is 1.35 bits per heavy atom. The number of methoxy groups -OCH3 is 1. The van der Waals surface area contributed by atoms with Crippen molar-refractivity contribution in [1.82, 2.24) is 15.3 Å². The van der Waals surface area contributed by atoms with Crippen LogP contribution in [0.15, 0.2) is 6.20 Å². The second kappa shape index (κ2) is 5.41. The number of aryl methyl sites for hydroxylation is 1. The molecule has 0 saturated heterocycles. The molecule has 3 rings (SSSR count). The molecule has 4 nitrogen and oxygen atoms in total. The van der Waals surface area contributed by atoms with Crippen LogP contribution in [-0.2, 0) is 23.2 Å². The second-order valence-electron chi connectivity index (χ2n) is 6.67. The second-order valence-corrected chi connectivity index (χ2v) is 6.67. The summed E-state index contributed by atoms with van der Waals surface area (Å²) in [5.41, 5.74) is 2.15. The van der Waals surface area contributed by atoms with Gasteiger partial charge in [0.2, 0.25) is 0 Å². The highest BCUT2D eigenvalue weighted by Crippen LogP contribution is 2.27. The Hall–Kier alpha value is -1.00. The minimum atomic E-state index is -0.403. The lowest BCUT2D eigenvalue weighted by Crippen LogP contribution is -2.30. The molecule has 1 N–H and O–H groups in total. The number of aromatic nitrogens is 2. The lowest BCUT2D eigenvalue weighted by molar-refractivity contribution is 0.0111. The van der Waals surface area contributed by atoms with Crippen LogP contribution in [-0.4, -0.2) is 29.7 Å². The normalized spacial score (nSPS) is 22.6. The Balaban J connectivity index is 1.68. The minimum absolute atomic E-state index is 0.403. The highest BCUT2D eigenvalue weighted by molar-refractivity contribution is 5.22. The maximum Gasteiger partial charge on any atom is 0.159 e. The molecule has 2 aliphatic rings. The van der Waals surface area contributed by atoms with Crippen LogP contribution in [0, 0.1) is 5.92 Å². The molecule has 1 atom stereocenters. The molecular weight excluding hydrogens is 250 g/mol. The number of ether oxygens (including phenoxy) is 1. The first-order valence-electron chi connectivity index (χ1n) is 7.72. The zero-order chi connectivity index (χ0) is 14.2. The molecule has 20 heavy (non-hydrogen) atoms. The van der Waals surface area contributed by atoms with E-state index in [0.29, 0.717) is 0 Å². The van der Waals surface area contributed by atoms with Crippen LogP contribution < -0.4 is 5.32 Å². The number of nitrogens with zero attached hydrogens (tertiary/aromatic N) is 2. The molecule has 1 unspecified atom stereocenters. The van der Waals surface area contributed by atoms with Gasteiger partial charge in [0, 0.05) is 25.0 Å². The Kier molecular flexibility index (Phi) is 3.78. The van der Waals surface area contributed by atoms with Gasteiger partial charge in [0.1, 0.15) is 5.60 Å². The van der Waals surface area contributed by atoms with E-state index < -0.39 is 5.60 Å². The smallest absolute Gasteiger partial charge is 0.159 e. The zero-order valence-corrected chi connectivity index (χ0v) is 12.8. The summed E-state index contributed by atoms with van der Waals surface area (Å²) in [4.78, 5) is 9.26. The van der Waals surface area contributed by atoms with Gasteiger partial charge in [-0.1, -0.05) is 0 Å². The van der Waals surface area contributed by atoms with E-state index in [-0.39, 0.29) is 0 Å². The van der Waals surface area contributed by atoms with Crippen molar-refractivity contribution < 1.29 is 4.74 Å². The molecular formula is C16H25N3O. The summed E-state index contributed by atoms with van der Waals surface area (Å²) in [6, 6.07) is 0.803. The lowest BCUT2D eigenvalue weighted by atomic mass is 9.87. The molecule has 0 aliphatic heterocycles. The van der Waals surface area contributed by atoms with Gasteiger partial charge in [-0.25, -0.2) is 9.97 Å². The van der Waals surface area contributed by atoms with Gasteiger partial charge in [-0.15, -0.1) is 0 Å². The fraction of sp³-hybridized carbons (Fsp3) is 0.750. The summed E-state index contributed by atoms with van der Waals surface area (Å²) in [5.74, 6) is 1.54. The molecule has 0 bridgehead atoms. The third-order valence-corrected chi connectivity index (χ3v) is 4.57. The molecule has 0 radical (unpaired) electrons. The number of hydrogen-bond donors (Lipinski definition) is 1. The Bertz CT molecular complexity index is 483. The molecule has 0 amide bonds. The summed E-state index contributed by atoms with van der Waals surface area (Å²) >= 11 is 0. The third-order valence-electron chi connectivity index (χ3n) is 4.57. The standard InChI is InChI=1S/C16H25N3O/c1-16(2,20-3)15-18-10-12-8-11(4-7-14(12)19-15)9-17-13-5-6-13/h10-11,13,17H,4-9H2,1-3H3. The van der Waals surface area contributed by atoms with Gasteiger partial charge in [-0.05, 0) is 64.0 Å². The molecule has 2 aliphatic carbocycles. The highest BCUT2D eigenvalue weighted by atomic mass is 16.5. The first kappa shape index (κ1) is 14.0. The Labute approximate surface area is 121 Å². The number of hydrogen-bond acceptors (Lipinski definition) is 4. The molecule has 110 valence electrons. The van der Waals surface area contributed by atoms with Crippen molar-refractivity contribution in [2.45, 2.75) is 57.6 Å². The summed E-state index contributed by atoms with van der Waals surface area (Å²) in [6.45, 7) is 5.18. The summed E-state index contributed by atoms with van der Waals surface area (Å²) in [7, 11) is 1.71. The fourth-order valence-electron chi connectivity index (χ4n) is 2.76. The molecule has 1 aromatic rings. The van der Waals surface area contributed by atoms with E-state index in [0.717, 1.165) is 37.2 Å². The Morgan fingerprint density at radius 3 is 2.85 bits per heavy atom. The summed E-state index contributed by atoms with van der Waals surface area (Å²) < 4.78 is 5.47. The largest absolute Gasteiger partial charge is 0.371 e. The van der Waals surface area contributed by atoms with Gasteiger partial charge < -0.3 is 10.1 Å². The number of nitrogens with one attached hydrogen (secondary N) is 1. The van der Waals surface area contributed by atoms with Crippen molar-refractivity contribution in [2.75, 3.05) is 13.7 Å². The molecule has 1 heterocycles. The van der Waals surface area contributed by atoms with Crippen molar-refractivity contribution in [3.63, 3.8) is 0 Å². The van der Waals surface area contributed by atoms with E-state index >= 15 is 0 Å². The van der Waals surface area contributed by atoms with Crippen LogP contribution in [0.4, 0.5) is 0 Å². The summed E-state index contributed by atoms with van der Waals surface area (Å²) in [6.07, 6.45) is 8.16. The predicted molar refractivity (Wildman–Crippen MR) is 78.6 cm³/mol. The van der Waals surface area contributed by atoms with E-state index in [1.54, 1.807) is 7.11 Å². The molecule has 0 aromatic carbocycles. The molecule has 1 aromatic heterocycles. The predicted octanol–water partition coefficient (Wildman–Crippen LogP) is 2.21. The van der Waals surface area contributed by atoms with Crippen LogP contribution in [0.25, 0.3) is 0 Å². The van der Waals surface area contributed by atoms with E-state index in [2.05, 4.69) is 10.3 Å². The van der Waals surface area contributed by atoms with Crippen molar-refractivity contribution in [3.05, 3.63) is 23.3 Å². The molecule has 1 saturated carbocycles. The van der Waals surface area contributed by atoms with Crippen LogP contribution in [0.1, 0.15) is 50.2 Å². The van der Waals surface area contributed by atoms with Gasteiger partial charge in [0.25, 0.3) is 0 Å². The van der Waals surface area contributed by atoms with Crippen molar-refractivity contribution in [2.24, 2.45) is 5.92 Å². The lowest BCUT2D eigenvalue weighted by Gasteiger charge is -2.27. The highest BCUT2D eigenvalue weighted by Gasteiger charge is 2.28. The van der Waals surface area contributed by atoms with Gasteiger partial charge in [-0.3, -0.25) is 0 Å². The fourth-order valence-corrected chi connectivity index (χ4v) is 2.76. The molecule has 4 heteroatoms. The van der Waals surface area contributed by atoms with Crippen molar-refractivity contribution >= 4 is 0 Å². The van der Waals surface area contributed by atoms with Crippen LogP contribution in [0.5, 0.6) is 0 Å². The third kappa shape index (κ3) is 3.01. The topological polar surface area (TPSA) is 47.0 Å². The number of rotatable bonds is 5. The SMILES string of the molecule is COC(C)(C)c1ncc2c(n1)CCC(CNC1CC1)C2. The van der Waals surface area contributed by atoms with Gasteiger partial charge >= 0.3 is 0 Å². The van der Waals surface area contributed by atoms with Crippen molar-refractivity contribution in [1.29, 1.82) is 0 Å². The van der Waals surface area contributed by atoms with Crippen molar-refractivity contribution in [3.8, 4) is 0 Å². The Morgan fingerprint density at radius 2 is 2.15 bits per heavy atom. The van der Waals surface area contributed by atoms with E-state index in [4.69, 9.17) is 9.72 Å². The monoisotopic (exact) mass is 275 g/mol. The molecule has 1 fully saturated rings. The first-order valence-corrected chi connectivity index (χ1v) is 7.72. The minimum Gasteiger partial charge on any atom is -0.371 e. The summed E-state index contributed by atoms with van der Waals surface area (Å²) in [5, 5.41) is 3.64. The first-order chi connectivity index (χ1) is 9.58. The number of fused-ring (bicyclic) bond motifs is 1. The maximum absolute atomic E-state index is 5.47. The van der Waals surface area contributed by atoms with Crippen LogP contribution in [0.2, 0.25) is 0 Å². The quantitative estimate of drug-likeness (QED) is 0.895. The average Bonchev–Trinajstić information content (AvgIpc) is 3.28. The average molecular weight is 275 g/mol. The zero-order valence-electron chi connectivity index (χ0n) is 12.8. The van der Waals surface area contributed by atoms with Gasteiger partial charge in [-0.2, -0.15) is 0 Å². The van der Waals surface area contributed by atoms with E-state index in [9.17, 15) is 0 Å². The van der Waals surface area contributed by atoms with E-state index in [1.807, 2.05) is 20.0 Å². The van der Waals surface area contributed by atoms with Gasteiger partial charge in [0.05, 0.1) is 0 Å². The van der Waals surface area contributed by atoms with E-state index in [1.165, 1.54) is 30.5 Å².